The van der Waals surface area contributed by atoms with Gasteiger partial charge in [-0.1, -0.05) is 22.9 Å². The predicted octanol–water partition coefficient (Wildman–Crippen LogP) is 3.76. The number of carbonyl (C=O) groups is 1. The number of thiazole rings is 1. The third-order valence-corrected chi connectivity index (χ3v) is 5.87. The topological polar surface area (TPSA) is 102 Å². The zero-order chi connectivity index (χ0) is 18.9. The van der Waals surface area contributed by atoms with E-state index in [1.807, 2.05) is 0 Å². The summed E-state index contributed by atoms with van der Waals surface area (Å²) in [5, 5.41) is 4.15. The lowest BCUT2D eigenvalue weighted by atomic mass is 10.1. The molecule has 6 nitrogen and oxygen atoms in total. The van der Waals surface area contributed by atoms with Crippen molar-refractivity contribution in [2.24, 2.45) is 0 Å². The SMILES string of the molecule is CS(=O)(=O)c1ccc(C(=O)c2sc(Nc3ccc(Cl)cc3)nc2N)cc1. The fourth-order valence-electron chi connectivity index (χ4n) is 2.19. The largest absolute Gasteiger partial charge is 0.382 e. The molecule has 0 amide bonds. The van der Waals surface area contributed by atoms with Crippen molar-refractivity contribution in [3.8, 4) is 0 Å². The van der Waals surface area contributed by atoms with E-state index in [-0.39, 0.29) is 21.4 Å². The van der Waals surface area contributed by atoms with Crippen LogP contribution in [-0.2, 0) is 9.84 Å². The number of sulfone groups is 1. The molecule has 2 aromatic carbocycles. The van der Waals surface area contributed by atoms with Crippen molar-refractivity contribution in [2.45, 2.75) is 4.90 Å². The summed E-state index contributed by atoms with van der Waals surface area (Å²) >= 11 is 6.97. The van der Waals surface area contributed by atoms with E-state index < -0.39 is 9.84 Å². The Morgan fingerprint density at radius 3 is 2.31 bits per heavy atom. The van der Waals surface area contributed by atoms with Gasteiger partial charge in [-0.2, -0.15) is 0 Å². The lowest BCUT2D eigenvalue weighted by Gasteiger charge is -2.02. The summed E-state index contributed by atoms with van der Waals surface area (Å²) in [6.07, 6.45) is 1.11. The van der Waals surface area contributed by atoms with Gasteiger partial charge in [-0.15, -0.1) is 0 Å². The third-order valence-electron chi connectivity index (χ3n) is 3.50. The molecule has 0 radical (unpaired) electrons. The first-order valence-electron chi connectivity index (χ1n) is 7.38. The van der Waals surface area contributed by atoms with Crippen LogP contribution in [0.3, 0.4) is 0 Å². The minimum absolute atomic E-state index is 0.114. The van der Waals surface area contributed by atoms with Crippen molar-refractivity contribution in [1.82, 2.24) is 4.98 Å². The van der Waals surface area contributed by atoms with Crippen molar-refractivity contribution in [2.75, 3.05) is 17.3 Å². The molecule has 3 N–H and O–H groups in total. The second-order valence-electron chi connectivity index (χ2n) is 5.49. The smallest absolute Gasteiger partial charge is 0.206 e. The standard InChI is InChI=1S/C17H14ClN3O3S2/c1-26(23,24)13-8-2-10(3-9-13)14(22)15-16(19)21-17(25-15)20-12-6-4-11(18)5-7-12/h2-9H,19H2,1H3,(H,20,21). The number of hydrogen-bond donors (Lipinski definition) is 2. The van der Waals surface area contributed by atoms with Gasteiger partial charge in [0.15, 0.2) is 15.0 Å². The number of nitrogens with two attached hydrogens (primary N) is 1. The Labute approximate surface area is 159 Å². The monoisotopic (exact) mass is 407 g/mol. The van der Waals surface area contributed by atoms with Crippen molar-refractivity contribution in [3.05, 3.63) is 64.0 Å². The van der Waals surface area contributed by atoms with Crippen molar-refractivity contribution in [3.63, 3.8) is 0 Å². The maximum Gasteiger partial charge on any atom is 0.206 e. The van der Waals surface area contributed by atoms with Crippen LogP contribution < -0.4 is 11.1 Å². The summed E-state index contributed by atoms with van der Waals surface area (Å²) in [5.74, 6) is -0.201. The number of nitrogens with one attached hydrogen (secondary N) is 1. The molecule has 3 rings (SSSR count). The molecule has 26 heavy (non-hydrogen) atoms. The molecular formula is C17H14ClN3O3S2. The molecule has 1 heterocycles. The fourth-order valence-corrected chi connectivity index (χ4v) is 3.81. The molecule has 0 aliphatic rings. The van der Waals surface area contributed by atoms with Crippen molar-refractivity contribution in [1.29, 1.82) is 0 Å². The highest BCUT2D eigenvalue weighted by atomic mass is 35.5. The van der Waals surface area contributed by atoms with Crippen LogP contribution in [0.15, 0.2) is 53.4 Å². The summed E-state index contributed by atoms with van der Waals surface area (Å²) in [7, 11) is -3.32. The highest BCUT2D eigenvalue weighted by Gasteiger charge is 2.19. The van der Waals surface area contributed by atoms with E-state index in [1.54, 1.807) is 24.3 Å². The van der Waals surface area contributed by atoms with E-state index >= 15 is 0 Å². The molecule has 0 bridgehead atoms. The van der Waals surface area contributed by atoms with Crippen molar-refractivity contribution >= 4 is 55.2 Å². The first-order valence-corrected chi connectivity index (χ1v) is 10.5. The third kappa shape index (κ3) is 4.04. The predicted molar refractivity (Wildman–Crippen MR) is 104 cm³/mol. The van der Waals surface area contributed by atoms with Gasteiger partial charge in [0, 0.05) is 22.5 Å². The molecule has 0 saturated heterocycles. The number of carbonyl (C=O) groups excluding carboxylic acids is 1. The van der Waals surface area contributed by atoms with Crippen LogP contribution in [-0.4, -0.2) is 25.4 Å². The first kappa shape index (κ1) is 18.4. The van der Waals surface area contributed by atoms with Crippen LogP contribution >= 0.6 is 22.9 Å². The van der Waals surface area contributed by atoms with E-state index in [0.717, 1.165) is 23.3 Å². The molecule has 0 fully saturated rings. The summed E-state index contributed by atoms with van der Waals surface area (Å²) in [6.45, 7) is 0. The van der Waals surface area contributed by atoms with Gasteiger partial charge in [-0.3, -0.25) is 4.79 Å². The normalized spacial score (nSPS) is 11.3. The molecule has 0 unspecified atom stereocenters. The summed E-state index contributed by atoms with van der Waals surface area (Å²) in [5.41, 5.74) is 6.98. The summed E-state index contributed by atoms with van der Waals surface area (Å²) < 4.78 is 23.0. The Kier molecular flexibility index (Phi) is 4.99. The molecule has 134 valence electrons. The molecule has 9 heteroatoms. The van der Waals surface area contributed by atoms with E-state index in [0.29, 0.717) is 15.7 Å². The average molecular weight is 408 g/mol. The number of aromatic nitrogens is 1. The minimum atomic E-state index is -3.32. The van der Waals surface area contributed by atoms with Crippen LogP contribution in [0.5, 0.6) is 0 Å². The zero-order valence-electron chi connectivity index (χ0n) is 13.6. The summed E-state index contributed by atoms with van der Waals surface area (Å²) in [6, 6.07) is 12.7. The number of nitrogen functional groups attached to an aromatic ring is 1. The highest BCUT2D eigenvalue weighted by Crippen LogP contribution is 2.30. The molecular weight excluding hydrogens is 394 g/mol. The molecule has 1 aromatic heterocycles. The van der Waals surface area contributed by atoms with Gasteiger partial charge < -0.3 is 11.1 Å². The number of hydrogen-bond acceptors (Lipinski definition) is 7. The van der Waals surface area contributed by atoms with E-state index in [9.17, 15) is 13.2 Å². The number of benzene rings is 2. The first-order chi connectivity index (χ1) is 12.2. The second-order valence-corrected chi connectivity index (χ2v) is 8.94. The molecule has 0 aliphatic heterocycles. The Bertz CT molecular complexity index is 1060. The number of ketones is 1. The van der Waals surface area contributed by atoms with Gasteiger partial charge in [0.2, 0.25) is 5.78 Å². The van der Waals surface area contributed by atoms with E-state index in [4.69, 9.17) is 17.3 Å². The van der Waals surface area contributed by atoms with Crippen LogP contribution in [0.2, 0.25) is 5.02 Å². The van der Waals surface area contributed by atoms with Gasteiger partial charge in [0.05, 0.1) is 4.90 Å². The summed E-state index contributed by atoms with van der Waals surface area (Å²) in [4.78, 5) is 17.2. The van der Waals surface area contributed by atoms with E-state index in [2.05, 4.69) is 10.3 Å². The number of halogens is 1. The average Bonchev–Trinajstić information content (AvgIpc) is 2.96. The maximum atomic E-state index is 12.6. The molecule has 3 aromatic rings. The highest BCUT2D eigenvalue weighted by molar-refractivity contribution is 7.90. The Morgan fingerprint density at radius 2 is 1.73 bits per heavy atom. The van der Waals surface area contributed by atoms with Crippen molar-refractivity contribution < 1.29 is 13.2 Å². The van der Waals surface area contributed by atoms with E-state index in [1.165, 1.54) is 24.3 Å². The second kappa shape index (κ2) is 7.06. The number of rotatable bonds is 5. The molecule has 0 saturated carbocycles. The molecule has 0 spiro atoms. The van der Waals surface area contributed by atoms with Crippen LogP contribution in [0.1, 0.15) is 15.2 Å². The van der Waals surface area contributed by atoms with Gasteiger partial charge in [0.25, 0.3) is 0 Å². The maximum absolute atomic E-state index is 12.6. The molecule has 0 aliphatic carbocycles. The quantitative estimate of drug-likeness (QED) is 0.624. The Morgan fingerprint density at radius 1 is 1.12 bits per heavy atom. The van der Waals surface area contributed by atoms with Gasteiger partial charge in [-0.05, 0) is 48.5 Å². The van der Waals surface area contributed by atoms with Crippen LogP contribution in [0.4, 0.5) is 16.6 Å². The lowest BCUT2D eigenvalue weighted by Crippen LogP contribution is -2.04. The van der Waals surface area contributed by atoms with Crippen LogP contribution in [0, 0.1) is 0 Å². The molecule has 0 atom stereocenters. The van der Waals surface area contributed by atoms with Gasteiger partial charge >= 0.3 is 0 Å². The number of anilines is 3. The lowest BCUT2D eigenvalue weighted by molar-refractivity contribution is 0.104. The van der Waals surface area contributed by atoms with Gasteiger partial charge in [-0.25, -0.2) is 13.4 Å². The number of nitrogens with zero attached hydrogens (tertiary/aromatic N) is 1. The zero-order valence-corrected chi connectivity index (χ0v) is 16.0. The van der Waals surface area contributed by atoms with Gasteiger partial charge in [0.1, 0.15) is 10.7 Å². The Balaban J connectivity index is 1.84. The van der Waals surface area contributed by atoms with Crippen LogP contribution in [0.25, 0.3) is 0 Å². The Hall–Kier alpha value is -2.42. The minimum Gasteiger partial charge on any atom is -0.382 e. The fraction of sp³-hybridized carbons (Fsp3) is 0.0588.